The molecule has 1 saturated heterocycles. The first-order valence-corrected chi connectivity index (χ1v) is 11.0. The molecule has 5 nitrogen and oxygen atoms in total. The van der Waals surface area contributed by atoms with Gasteiger partial charge in [-0.25, -0.2) is 4.79 Å². The van der Waals surface area contributed by atoms with E-state index in [1.54, 1.807) is 11.0 Å². The fourth-order valence-corrected chi connectivity index (χ4v) is 4.88. The van der Waals surface area contributed by atoms with E-state index in [1.165, 1.54) is 4.90 Å². The van der Waals surface area contributed by atoms with Crippen LogP contribution >= 0.6 is 0 Å². The summed E-state index contributed by atoms with van der Waals surface area (Å²) in [6.45, 7) is 5.91. The summed E-state index contributed by atoms with van der Waals surface area (Å²) in [5.41, 5.74) is 3.20. The number of carbonyl (C=O) groups excluding carboxylic acids is 2. The maximum Gasteiger partial charge on any atom is 0.335 e. The van der Waals surface area contributed by atoms with Crippen LogP contribution in [0, 0.1) is 6.92 Å². The molecule has 0 aromatic heterocycles. The summed E-state index contributed by atoms with van der Waals surface area (Å²) in [4.78, 5) is 30.9. The lowest BCUT2D eigenvalue weighted by Gasteiger charge is -2.53. The minimum atomic E-state index is -0.898. The summed E-state index contributed by atoms with van der Waals surface area (Å²) in [7, 11) is 0. The molecular formula is C27H26N2O3. The van der Waals surface area contributed by atoms with Crippen molar-refractivity contribution < 1.29 is 14.3 Å². The van der Waals surface area contributed by atoms with E-state index in [0.717, 1.165) is 28.8 Å². The normalized spacial score (nSPS) is 21.7. The Morgan fingerprint density at radius 2 is 1.81 bits per heavy atom. The number of amides is 3. The minimum Gasteiger partial charge on any atom is -0.467 e. The molecule has 3 aromatic carbocycles. The van der Waals surface area contributed by atoms with Crippen LogP contribution in [0.4, 0.5) is 10.5 Å². The number of rotatable bonds is 3. The predicted molar refractivity (Wildman–Crippen MR) is 124 cm³/mol. The fraction of sp³-hybridized carbons (Fsp3) is 0.259. The second kappa shape index (κ2) is 7.52. The number of hydrogen-bond acceptors (Lipinski definition) is 3. The van der Waals surface area contributed by atoms with Crippen molar-refractivity contribution in [3.63, 3.8) is 0 Å². The maximum atomic E-state index is 14.0. The molecule has 2 aliphatic rings. The molecule has 32 heavy (non-hydrogen) atoms. The van der Waals surface area contributed by atoms with Crippen molar-refractivity contribution >= 4 is 17.6 Å². The number of fused-ring (bicyclic) bond motifs is 4. The van der Waals surface area contributed by atoms with E-state index in [2.05, 4.69) is 6.92 Å². The summed E-state index contributed by atoms with van der Waals surface area (Å²) in [5, 5.41) is 0. The summed E-state index contributed by atoms with van der Waals surface area (Å²) < 4.78 is 6.43. The Bertz CT molecular complexity index is 1220. The second-order valence-corrected chi connectivity index (χ2v) is 8.67. The van der Waals surface area contributed by atoms with Crippen LogP contribution in [-0.4, -0.2) is 22.6 Å². The maximum absolute atomic E-state index is 14.0. The van der Waals surface area contributed by atoms with Gasteiger partial charge in [0.25, 0.3) is 5.91 Å². The summed E-state index contributed by atoms with van der Waals surface area (Å²) in [6, 6.07) is 22.2. The number of para-hydroxylation sites is 1. The Kier molecular flexibility index (Phi) is 4.77. The molecule has 5 rings (SSSR count). The highest BCUT2D eigenvalue weighted by Gasteiger charge is 2.55. The molecule has 1 fully saturated rings. The Morgan fingerprint density at radius 3 is 2.59 bits per heavy atom. The third kappa shape index (κ3) is 3.08. The zero-order valence-electron chi connectivity index (χ0n) is 18.5. The lowest BCUT2D eigenvalue weighted by Crippen LogP contribution is -2.67. The van der Waals surface area contributed by atoms with Crippen molar-refractivity contribution in [2.24, 2.45) is 0 Å². The van der Waals surface area contributed by atoms with Crippen LogP contribution in [0.1, 0.15) is 53.4 Å². The third-order valence-corrected chi connectivity index (χ3v) is 6.53. The van der Waals surface area contributed by atoms with Crippen molar-refractivity contribution in [3.8, 4) is 5.75 Å². The fourth-order valence-electron chi connectivity index (χ4n) is 4.88. The van der Waals surface area contributed by atoms with E-state index in [4.69, 9.17) is 4.74 Å². The van der Waals surface area contributed by atoms with Crippen LogP contribution in [0.15, 0.2) is 72.8 Å². The quantitative estimate of drug-likeness (QED) is 0.525. The van der Waals surface area contributed by atoms with Crippen molar-refractivity contribution in [1.29, 1.82) is 0 Å². The summed E-state index contributed by atoms with van der Waals surface area (Å²) in [6.07, 6.45) is 1.34. The van der Waals surface area contributed by atoms with E-state index in [1.807, 2.05) is 80.6 Å². The number of nitrogens with zero attached hydrogens (tertiary/aromatic N) is 2. The number of hydrogen-bond donors (Lipinski definition) is 0. The standard InChI is InChI=1S/C27H26N2O3/c1-4-19-11-9-12-20(16-19)29-26(31)28(25(30)21-13-6-5-10-18(21)2)23-17-27(29,3)32-24-15-8-7-14-22(23)24/h5-16,23H,4,17H2,1-3H3/t23-,27-/m1/s1. The monoisotopic (exact) mass is 426 g/mol. The van der Waals surface area contributed by atoms with Crippen molar-refractivity contribution in [3.05, 3.63) is 95.1 Å². The van der Waals surface area contributed by atoms with Gasteiger partial charge in [0, 0.05) is 23.2 Å². The highest BCUT2D eigenvalue weighted by atomic mass is 16.5. The third-order valence-electron chi connectivity index (χ3n) is 6.53. The lowest BCUT2D eigenvalue weighted by molar-refractivity contribution is 0.00266. The average Bonchev–Trinajstić information content (AvgIpc) is 2.79. The number of ether oxygens (including phenoxy) is 1. The van der Waals surface area contributed by atoms with E-state index >= 15 is 0 Å². The molecule has 0 N–H and O–H groups in total. The van der Waals surface area contributed by atoms with Gasteiger partial charge in [0.05, 0.1) is 6.04 Å². The highest BCUT2D eigenvalue weighted by molar-refractivity contribution is 6.11. The topological polar surface area (TPSA) is 49.9 Å². The van der Waals surface area contributed by atoms with Gasteiger partial charge in [-0.3, -0.25) is 14.6 Å². The average molecular weight is 427 g/mol. The van der Waals surface area contributed by atoms with Gasteiger partial charge in [-0.15, -0.1) is 0 Å². The molecule has 2 bridgehead atoms. The first-order valence-electron chi connectivity index (χ1n) is 11.0. The highest BCUT2D eigenvalue weighted by Crippen LogP contribution is 2.49. The van der Waals surface area contributed by atoms with Crippen molar-refractivity contribution in [1.82, 2.24) is 4.90 Å². The molecule has 2 atom stereocenters. The van der Waals surface area contributed by atoms with Gasteiger partial charge in [-0.05, 0) is 55.7 Å². The van der Waals surface area contributed by atoms with Gasteiger partial charge in [0.15, 0.2) is 5.72 Å². The van der Waals surface area contributed by atoms with Gasteiger partial charge in [-0.1, -0.05) is 55.5 Å². The molecule has 0 spiro atoms. The van der Waals surface area contributed by atoms with E-state index in [-0.39, 0.29) is 11.9 Å². The minimum absolute atomic E-state index is 0.284. The first-order chi connectivity index (χ1) is 15.4. The Labute approximate surface area is 188 Å². The Morgan fingerprint density at radius 1 is 1.06 bits per heavy atom. The number of anilines is 1. The molecule has 2 heterocycles. The number of urea groups is 1. The van der Waals surface area contributed by atoms with Crippen LogP contribution in [0.5, 0.6) is 5.75 Å². The molecule has 0 unspecified atom stereocenters. The van der Waals surface area contributed by atoms with Gasteiger partial charge < -0.3 is 4.74 Å². The van der Waals surface area contributed by atoms with E-state index < -0.39 is 11.8 Å². The van der Waals surface area contributed by atoms with Crippen molar-refractivity contribution in [2.75, 3.05) is 4.90 Å². The lowest BCUT2D eigenvalue weighted by atomic mass is 9.88. The molecule has 3 aromatic rings. The van der Waals surface area contributed by atoms with Crippen LogP contribution in [0.25, 0.3) is 0 Å². The molecule has 5 heteroatoms. The molecular weight excluding hydrogens is 400 g/mol. The SMILES string of the molecule is CCc1cccc(N2C(=O)N(C(=O)c3ccccc3C)[C@@H]3C[C@@]2(C)Oc2ccccc23)c1. The zero-order valence-corrected chi connectivity index (χ0v) is 18.5. The van der Waals surface area contributed by atoms with Gasteiger partial charge in [0.1, 0.15) is 5.75 Å². The Hall–Kier alpha value is -3.60. The Balaban J connectivity index is 1.69. The first kappa shape index (κ1) is 20.3. The van der Waals surface area contributed by atoms with Gasteiger partial charge in [0.2, 0.25) is 0 Å². The van der Waals surface area contributed by atoms with Crippen molar-refractivity contribution in [2.45, 2.75) is 45.4 Å². The summed E-state index contributed by atoms with van der Waals surface area (Å²) >= 11 is 0. The molecule has 2 aliphatic heterocycles. The predicted octanol–water partition coefficient (Wildman–Crippen LogP) is 5.88. The largest absolute Gasteiger partial charge is 0.467 e. The smallest absolute Gasteiger partial charge is 0.335 e. The van der Waals surface area contributed by atoms with E-state index in [9.17, 15) is 9.59 Å². The van der Waals surface area contributed by atoms with Crippen LogP contribution < -0.4 is 9.64 Å². The van der Waals surface area contributed by atoms with Crippen LogP contribution in [-0.2, 0) is 6.42 Å². The zero-order chi connectivity index (χ0) is 22.5. The molecule has 162 valence electrons. The number of imide groups is 1. The van der Waals surface area contributed by atoms with Gasteiger partial charge >= 0.3 is 6.03 Å². The second-order valence-electron chi connectivity index (χ2n) is 8.67. The van der Waals surface area contributed by atoms with E-state index in [0.29, 0.717) is 17.7 Å². The van der Waals surface area contributed by atoms with Crippen LogP contribution in [0.2, 0.25) is 0 Å². The molecule has 0 aliphatic carbocycles. The van der Waals surface area contributed by atoms with Crippen LogP contribution in [0.3, 0.4) is 0 Å². The number of benzene rings is 3. The molecule has 0 radical (unpaired) electrons. The number of carbonyl (C=O) groups is 2. The molecule has 0 saturated carbocycles. The van der Waals surface area contributed by atoms with Gasteiger partial charge in [-0.2, -0.15) is 0 Å². The molecule has 3 amide bonds. The number of aryl methyl sites for hydroxylation is 2. The summed E-state index contributed by atoms with van der Waals surface area (Å²) in [5.74, 6) is 0.423.